The highest BCUT2D eigenvalue weighted by molar-refractivity contribution is 5.23. The van der Waals surface area contributed by atoms with Crippen molar-refractivity contribution in [2.75, 3.05) is 6.54 Å². The molecular weight excluding hydrogens is 224 g/mol. The number of hydrogen-bond donors (Lipinski definition) is 1. The smallest absolute Gasteiger partial charge is 0.129 e. The lowest BCUT2D eigenvalue weighted by atomic mass is 10.1. The Balaban J connectivity index is 2.13. The average molecular weight is 237 g/mol. The van der Waals surface area contributed by atoms with Crippen molar-refractivity contribution < 1.29 is 13.2 Å². The Bertz CT molecular complexity index is 508. The Morgan fingerprint density at radius 3 is 2.53 bits per heavy atom. The molecule has 2 N–H and O–H groups in total. The van der Waals surface area contributed by atoms with Crippen LogP contribution < -0.4 is 5.73 Å². The van der Waals surface area contributed by atoms with Gasteiger partial charge in [-0.3, -0.25) is 0 Å². The molecule has 0 aliphatic carbocycles. The summed E-state index contributed by atoms with van der Waals surface area (Å²) in [6.45, 7) is 0.512. The Morgan fingerprint density at radius 2 is 1.82 bits per heavy atom. The first-order valence-electron chi connectivity index (χ1n) is 5.40. The van der Waals surface area contributed by atoms with E-state index in [0.717, 1.165) is 11.8 Å². The first-order valence-corrected chi connectivity index (χ1v) is 5.40. The van der Waals surface area contributed by atoms with Gasteiger partial charge in [-0.15, -0.1) is 0 Å². The molecule has 0 saturated carbocycles. The normalized spacial score (nSPS) is 10.8. The van der Waals surface area contributed by atoms with Gasteiger partial charge in [0.15, 0.2) is 0 Å². The van der Waals surface area contributed by atoms with Crippen LogP contribution in [-0.4, -0.2) is 6.54 Å². The van der Waals surface area contributed by atoms with Gasteiger partial charge in [-0.2, -0.15) is 0 Å². The number of rotatable bonds is 4. The summed E-state index contributed by atoms with van der Waals surface area (Å²) in [6, 6.07) is 7.15. The minimum Gasteiger partial charge on any atom is -0.466 e. The van der Waals surface area contributed by atoms with E-state index in [1.165, 1.54) is 12.1 Å². The molecule has 0 aliphatic heterocycles. The summed E-state index contributed by atoms with van der Waals surface area (Å²) in [5.74, 6) is 0.306. The van der Waals surface area contributed by atoms with E-state index in [-0.39, 0.29) is 0 Å². The topological polar surface area (TPSA) is 39.2 Å². The number of hydrogen-bond acceptors (Lipinski definition) is 2. The second-order valence-electron chi connectivity index (χ2n) is 3.82. The fraction of sp³-hybridized carbons (Fsp3) is 0.231. The van der Waals surface area contributed by atoms with Gasteiger partial charge in [0.1, 0.15) is 23.2 Å². The number of halogens is 2. The van der Waals surface area contributed by atoms with E-state index in [1.807, 2.05) is 6.07 Å². The summed E-state index contributed by atoms with van der Waals surface area (Å²) in [4.78, 5) is 0. The zero-order valence-corrected chi connectivity index (χ0v) is 9.25. The summed E-state index contributed by atoms with van der Waals surface area (Å²) in [5.41, 5.74) is 5.82. The van der Waals surface area contributed by atoms with Crippen LogP contribution in [0.15, 0.2) is 34.7 Å². The average Bonchev–Trinajstić information content (AvgIpc) is 2.71. The summed E-state index contributed by atoms with van der Waals surface area (Å²) >= 11 is 0. The molecule has 0 fully saturated rings. The van der Waals surface area contributed by atoms with Crippen LogP contribution in [0, 0.1) is 11.6 Å². The molecule has 0 spiro atoms. The Hall–Kier alpha value is -1.68. The highest BCUT2D eigenvalue weighted by atomic mass is 19.1. The third-order valence-corrected chi connectivity index (χ3v) is 2.49. The molecular formula is C13H13F2NO. The van der Waals surface area contributed by atoms with Crippen LogP contribution in [0.25, 0.3) is 0 Å². The fourth-order valence-electron chi connectivity index (χ4n) is 1.65. The first-order chi connectivity index (χ1) is 8.19. The molecule has 17 heavy (non-hydrogen) atoms. The summed E-state index contributed by atoms with van der Waals surface area (Å²) in [7, 11) is 0. The third kappa shape index (κ3) is 2.91. The lowest BCUT2D eigenvalue weighted by Gasteiger charge is -2.01. The molecule has 1 aromatic carbocycles. The van der Waals surface area contributed by atoms with Crippen LogP contribution in [0.3, 0.4) is 0 Å². The van der Waals surface area contributed by atoms with E-state index in [0.29, 0.717) is 30.7 Å². The van der Waals surface area contributed by atoms with E-state index in [9.17, 15) is 8.78 Å². The standard InChI is InChI=1S/C13H13F2NO/c14-10-2-1-9(13(15)8-10)7-12-4-3-11(17-12)5-6-16/h1-4,8H,5-7,16H2. The van der Waals surface area contributed by atoms with Crippen LogP contribution in [-0.2, 0) is 12.8 Å². The van der Waals surface area contributed by atoms with Gasteiger partial charge in [0.25, 0.3) is 0 Å². The summed E-state index contributed by atoms with van der Waals surface area (Å²) in [6.07, 6.45) is 0.975. The van der Waals surface area contributed by atoms with E-state index in [1.54, 1.807) is 6.07 Å². The van der Waals surface area contributed by atoms with Crippen LogP contribution in [0.1, 0.15) is 17.1 Å². The largest absolute Gasteiger partial charge is 0.466 e. The second kappa shape index (κ2) is 5.10. The van der Waals surface area contributed by atoms with Crippen molar-refractivity contribution in [1.29, 1.82) is 0 Å². The van der Waals surface area contributed by atoms with Crippen molar-refractivity contribution in [3.8, 4) is 0 Å². The van der Waals surface area contributed by atoms with Crippen molar-refractivity contribution in [3.05, 3.63) is 59.1 Å². The minimum absolute atomic E-state index is 0.316. The molecule has 2 rings (SSSR count). The van der Waals surface area contributed by atoms with Crippen molar-refractivity contribution in [1.82, 2.24) is 0 Å². The lowest BCUT2D eigenvalue weighted by Crippen LogP contribution is -2.01. The molecule has 0 saturated heterocycles. The van der Waals surface area contributed by atoms with E-state index in [4.69, 9.17) is 10.2 Å². The van der Waals surface area contributed by atoms with Crippen molar-refractivity contribution in [3.63, 3.8) is 0 Å². The molecule has 1 aromatic heterocycles. The van der Waals surface area contributed by atoms with Gasteiger partial charge in [0, 0.05) is 18.9 Å². The highest BCUT2D eigenvalue weighted by Crippen LogP contribution is 2.16. The van der Waals surface area contributed by atoms with Crippen LogP contribution in [0.4, 0.5) is 8.78 Å². The Labute approximate surface area is 98.0 Å². The third-order valence-electron chi connectivity index (χ3n) is 2.49. The SMILES string of the molecule is NCCc1ccc(Cc2ccc(F)cc2F)o1. The van der Waals surface area contributed by atoms with Crippen LogP contribution in [0.2, 0.25) is 0 Å². The van der Waals surface area contributed by atoms with E-state index < -0.39 is 11.6 Å². The molecule has 2 nitrogen and oxygen atoms in total. The van der Waals surface area contributed by atoms with E-state index >= 15 is 0 Å². The van der Waals surface area contributed by atoms with Gasteiger partial charge in [-0.05, 0) is 30.3 Å². The number of nitrogens with two attached hydrogens (primary N) is 1. The number of benzene rings is 1. The maximum Gasteiger partial charge on any atom is 0.129 e. The second-order valence-corrected chi connectivity index (χ2v) is 3.82. The minimum atomic E-state index is -0.575. The van der Waals surface area contributed by atoms with Gasteiger partial charge in [-0.25, -0.2) is 8.78 Å². The monoisotopic (exact) mass is 237 g/mol. The van der Waals surface area contributed by atoms with Gasteiger partial charge >= 0.3 is 0 Å². The molecule has 0 radical (unpaired) electrons. The molecule has 0 aliphatic rings. The van der Waals surface area contributed by atoms with Crippen LogP contribution >= 0.6 is 0 Å². The van der Waals surface area contributed by atoms with Gasteiger partial charge in [-0.1, -0.05) is 6.07 Å². The highest BCUT2D eigenvalue weighted by Gasteiger charge is 2.07. The maximum absolute atomic E-state index is 13.4. The molecule has 90 valence electrons. The van der Waals surface area contributed by atoms with Crippen molar-refractivity contribution >= 4 is 0 Å². The predicted molar refractivity (Wildman–Crippen MR) is 60.6 cm³/mol. The van der Waals surface area contributed by atoms with Gasteiger partial charge < -0.3 is 10.2 Å². The fourth-order valence-corrected chi connectivity index (χ4v) is 1.65. The van der Waals surface area contributed by atoms with Gasteiger partial charge in [0.2, 0.25) is 0 Å². The Morgan fingerprint density at radius 1 is 1.06 bits per heavy atom. The first kappa shape index (κ1) is 11.8. The zero-order valence-electron chi connectivity index (χ0n) is 9.25. The van der Waals surface area contributed by atoms with Gasteiger partial charge in [0.05, 0.1) is 0 Å². The maximum atomic E-state index is 13.4. The zero-order chi connectivity index (χ0) is 12.3. The Kier molecular flexibility index (Phi) is 3.54. The summed E-state index contributed by atoms with van der Waals surface area (Å²) in [5, 5.41) is 0. The van der Waals surface area contributed by atoms with Crippen LogP contribution in [0.5, 0.6) is 0 Å². The lowest BCUT2D eigenvalue weighted by molar-refractivity contribution is 0.470. The molecule has 1 heterocycles. The van der Waals surface area contributed by atoms with Crippen molar-refractivity contribution in [2.45, 2.75) is 12.8 Å². The molecule has 0 atom stereocenters. The molecule has 0 bridgehead atoms. The molecule has 0 amide bonds. The molecule has 4 heteroatoms. The summed E-state index contributed by atoms with van der Waals surface area (Å²) < 4.78 is 31.6. The molecule has 0 unspecified atom stereocenters. The molecule has 2 aromatic rings. The quantitative estimate of drug-likeness (QED) is 0.887. The number of furan rings is 1. The van der Waals surface area contributed by atoms with E-state index in [2.05, 4.69) is 0 Å². The van der Waals surface area contributed by atoms with Crippen molar-refractivity contribution in [2.24, 2.45) is 5.73 Å². The predicted octanol–water partition coefficient (Wildman–Crippen LogP) is 2.65.